The van der Waals surface area contributed by atoms with Gasteiger partial charge in [0.2, 0.25) is 5.91 Å². The molecule has 74 valence electrons. The fourth-order valence-corrected chi connectivity index (χ4v) is 1.95. The lowest BCUT2D eigenvalue weighted by Gasteiger charge is -2.39. The van der Waals surface area contributed by atoms with Gasteiger partial charge in [-0.05, 0) is 6.42 Å². The van der Waals surface area contributed by atoms with Crippen molar-refractivity contribution in [3.05, 3.63) is 0 Å². The minimum Gasteiger partial charge on any atom is -0.379 e. The number of ether oxygens (including phenoxy) is 1. The van der Waals surface area contributed by atoms with Crippen molar-refractivity contribution in [1.29, 1.82) is 0 Å². The molecule has 0 bridgehead atoms. The van der Waals surface area contributed by atoms with E-state index in [0.29, 0.717) is 18.6 Å². The van der Waals surface area contributed by atoms with E-state index in [1.165, 1.54) is 0 Å². The fraction of sp³-hybridized carbons (Fsp3) is 0.889. The van der Waals surface area contributed by atoms with E-state index in [9.17, 15) is 4.79 Å². The van der Waals surface area contributed by atoms with Gasteiger partial charge in [0.15, 0.2) is 0 Å². The van der Waals surface area contributed by atoms with E-state index in [2.05, 4.69) is 10.2 Å². The van der Waals surface area contributed by atoms with E-state index in [-0.39, 0.29) is 5.91 Å². The minimum atomic E-state index is 0.203. The maximum atomic E-state index is 10.9. The van der Waals surface area contributed by atoms with Crippen molar-refractivity contribution in [2.75, 3.05) is 26.7 Å². The van der Waals surface area contributed by atoms with Gasteiger partial charge in [-0.15, -0.1) is 0 Å². The van der Waals surface area contributed by atoms with Gasteiger partial charge in [0, 0.05) is 39.2 Å². The lowest BCUT2D eigenvalue weighted by molar-refractivity contribution is -0.119. The van der Waals surface area contributed by atoms with Crippen molar-refractivity contribution in [3.8, 4) is 0 Å². The van der Waals surface area contributed by atoms with Crippen LogP contribution in [0.3, 0.4) is 0 Å². The first-order valence-electron chi connectivity index (χ1n) is 4.82. The van der Waals surface area contributed by atoms with Crippen LogP contribution in [0.15, 0.2) is 0 Å². The Kier molecular flexibility index (Phi) is 2.51. The number of hydrogen-bond donors (Lipinski definition) is 1. The first-order chi connectivity index (χ1) is 6.28. The van der Waals surface area contributed by atoms with Crippen LogP contribution in [0.5, 0.6) is 0 Å². The average Bonchev–Trinajstić information content (AvgIpc) is 2.43. The van der Waals surface area contributed by atoms with Crippen LogP contribution in [0.1, 0.15) is 12.8 Å². The summed E-state index contributed by atoms with van der Waals surface area (Å²) in [5.41, 5.74) is 0. The van der Waals surface area contributed by atoms with Crippen LogP contribution in [-0.4, -0.2) is 49.7 Å². The highest BCUT2D eigenvalue weighted by Crippen LogP contribution is 2.14. The third-order valence-electron chi connectivity index (χ3n) is 2.82. The van der Waals surface area contributed by atoms with E-state index >= 15 is 0 Å². The van der Waals surface area contributed by atoms with Gasteiger partial charge in [0.05, 0.1) is 6.10 Å². The minimum absolute atomic E-state index is 0.203. The summed E-state index contributed by atoms with van der Waals surface area (Å²) in [7, 11) is 1.75. The van der Waals surface area contributed by atoms with Gasteiger partial charge in [0.25, 0.3) is 0 Å². The quantitative estimate of drug-likeness (QED) is 0.648. The molecule has 2 aliphatic rings. The van der Waals surface area contributed by atoms with Gasteiger partial charge in [-0.25, -0.2) is 0 Å². The predicted octanol–water partition coefficient (Wildman–Crippen LogP) is -0.404. The number of hydrogen-bond acceptors (Lipinski definition) is 3. The Bertz CT molecular complexity index is 202. The molecule has 0 saturated carbocycles. The zero-order valence-electron chi connectivity index (χ0n) is 7.95. The number of rotatable bonds is 3. The average molecular weight is 184 g/mol. The van der Waals surface area contributed by atoms with Gasteiger partial charge < -0.3 is 10.1 Å². The molecular formula is C9H16N2O2. The maximum Gasteiger partial charge on any atom is 0.220 e. The number of carbonyl (C=O) groups excluding carboxylic acids is 1. The molecule has 0 radical (unpaired) electrons. The first kappa shape index (κ1) is 8.97. The number of nitrogens with zero attached hydrogens (tertiary/aromatic N) is 1. The molecule has 1 amide bonds. The normalized spacial score (nSPS) is 30.2. The van der Waals surface area contributed by atoms with Crippen molar-refractivity contribution < 1.29 is 9.53 Å². The summed E-state index contributed by atoms with van der Waals surface area (Å²) in [6.07, 6.45) is 2.11. The molecule has 0 aromatic rings. The summed E-state index contributed by atoms with van der Waals surface area (Å²) in [5.74, 6) is 0.203. The van der Waals surface area contributed by atoms with Crippen molar-refractivity contribution in [2.45, 2.75) is 25.0 Å². The SMILES string of the molecule is COC1CN(CC2CCC(=O)N2)C1. The number of nitrogens with one attached hydrogen (secondary N) is 1. The van der Waals surface area contributed by atoms with Crippen molar-refractivity contribution in [1.82, 2.24) is 10.2 Å². The van der Waals surface area contributed by atoms with Crippen molar-refractivity contribution in [2.24, 2.45) is 0 Å². The lowest BCUT2D eigenvalue weighted by atomic mass is 10.1. The Morgan fingerprint density at radius 1 is 1.62 bits per heavy atom. The monoisotopic (exact) mass is 184 g/mol. The van der Waals surface area contributed by atoms with Gasteiger partial charge in [-0.2, -0.15) is 0 Å². The number of methoxy groups -OCH3 is 1. The molecule has 4 nitrogen and oxygen atoms in total. The summed E-state index contributed by atoms with van der Waals surface area (Å²) in [6, 6.07) is 0.380. The Balaban J connectivity index is 1.66. The third kappa shape index (κ3) is 2.00. The van der Waals surface area contributed by atoms with E-state index < -0.39 is 0 Å². The third-order valence-corrected chi connectivity index (χ3v) is 2.82. The second-order valence-electron chi connectivity index (χ2n) is 3.88. The van der Waals surface area contributed by atoms with Crippen LogP contribution >= 0.6 is 0 Å². The van der Waals surface area contributed by atoms with Crippen LogP contribution in [0.25, 0.3) is 0 Å². The molecule has 2 aliphatic heterocycles. The molecule has 2 rings (SSSR count). The molecule has 2 saturated heterocycles. The predicted molar refractivity (Wildman–Crippen MR) is 48.4 cm³/mol. The molecule has 0 aromatic carbocycles. The lowest BCUT2D eigenvalue weighted by Crippen LogP contribution is -2.55. The molecule has 13 heavy (non-hydrogen) atoms. The molecule has 1 unspecified atom stereocenters. The van der Waals surface area contributed by atoms with Crippen LogP contribution in [0.4, 0.5) is 0 Å². The van der Waals surface area contributed by atoms with Gasteiger partial charge in [-0.3, -0.25) is 9.69 Å². The summed E-state index contributed by atoms with van der Waals surface area (Å²) in [5, 5.41) is 2.96. The van der Waals surface area contributed by atoms with Crippen LogP contribution in [0.2, 0.25) is 0 Å². The molecule has 2 heterocycles. The van der Waals surface area contributed by atoms with Crippen LogP contribution < -0.4 is 5.32 Å². The topological polar surface area (TPSA) is 41.6 Å². The molecule has 1 N–H and O–H groups in total. The Morgan fingerprint density at radius 2 is 2.38 bits per heavy atom. The summed E-state index contributed by atoms with van der Waals surface area (Å²) in [4.78, 5) is 13.2. The first-order valence-corrected chi connectivity index (χ1v) is 4.82. The summed E-state index contributed by atoms with van der Waals surface area (Å²) < 4.78 is 5.17. The summed E-state index contributed by atoms with van der Waals surface area (Å²) in [6.45, 7) is 3.03. The van der Waals surface area contributed by atoms with Gasteiger partial charge >= 0.3 is 0 Å². The molecule has 0 aliphatic carbocycles. The van der Waals surface area contributed by atoms with Gasteiger partial charge in [0.1, 0.15) is 0 Å². The zero-order valence-corrected chi connectivity index (χ0v) is 7.95. The largest absolute Gasteiger partial charge is 0.379 e. The Labute approximate surface area is 78.2 Å². The van der Waals surface area contributed by atoms with Crippen molar-refractivity contribution in [3.63, 3.8) is 0 Å². The van der Waals surface area contributed by atoms with E-state index in [1.54, 1.807) is 7.11 Å². The molecular weight excluding hydrogens is 168 g/mol. The van der Waals surface area contributed by atoms with Gasteiger partial charge in [-0.1, -0.05) is 0 Å². The van der Waals surface area contributed by atoms with Crippen LogP contribution in [0, 0.1) is 0 Å². The molecule has 4 heteroatoms. The smallest absolute Gasteiger partial charge is 0.220 e. The highest BCUT2D eigenvalue weighted by atomic mass is 16.5. The van der Waals surface area contributed by atoms with E-state index in [0.717, 1.165) is 26.1 Å². The highest BCUT2D eigenvalue weighted by molar-refractivity contribution is 5.78. The van der Waals surface area contributed by atoms with E-state index in [1.807, 2.05) is 0 Å². The van der Waals surface area contributed by atoms with Crippen LogP contribution in [-0.2, 0) is 9.53 Å². The number of carbonyl (C=O) groups is 1. The molecule has 2 fully saturated rings. The second kappa shape index (κ2) is 3.64. The fourth-order valence-electron chi connectivity index (χ4n) is 1.95. The zero-order chi connectivity index (χ0) is 9.26. The van der Waals surface area contributed by atoms with E-state index in [4.69, 9.17) is 4.74 Å². The number of likely N-dealkylation sites (tertiary alicyclic amines) is 1. The maximum absolute atomic E-state index is 10.9. The Morgan fingerprint density at radius 3 is 2.92 bits per heavy atom. The summed E-state index contributed by atoms with van der Waals surface area (Å²) >= 11 is 0. The molecule has 0 aromatic heterocycles. The Hall–Kier alpha value is -0.610. The standard InChI is InChI=1S/C9H16N2O2/c1-13-8-5-11(6-8)4-7-2-3-9(12)10-7/h7-8H,2-6H2,1H3,(H,10,12). The molecule has 1 atom stereocenters. The highest BCUT2D eigenvalue weighted by Gasteiger charge is 2.30. The number of amides is 1. The van der Waals surface area contributed by atoms with Crippen molar-refractivity contribution >= 4 is 5.91 Å². The molecule has 0 spiro atoms. The second-order valence-corrected chi connectivity index (χ2v) is 3.88.